The summed E-state index contributed by atoms with van der Waals surface area (Å²) in [6, 6.07) is 0. The summed E-state index contributed by atoms with van der Waals surface area (Å²) in [5.74, 6) is 2.78. The minimum absolute atomic E-state index is 0.138. The maximum atomic E-state index is 12.5. The molecular formula is C21H30O3. The molecule has 1 N–H and O–H groups in total. The highest BCUT2D eigenvalue weighted by atomic mass is 16.3. The summed E-state index contributed by atoms with van der Waals surface area (Å²) < 4.78 is 0. The lowest BCUT2D eigenvalue weighted by molar-refractivity contribution is -0.140. The van der Waals surface area contributed by atoms with Crippen LogP contribution in [0.4, 0.5) is 0 Å². The number of fused-ring (bicyclic) bond motifs is 5. The van der Waals surface area contributed by atoms with Crippen LogP contribution < -0.4 is 0 Å². The minimum atomic E-state index is -0.224. The molecule has 0 aromatic rings. The van der Waals surface area contributed by atoms with Crippen molar-refractivity contribution in [3.8, 4) is 0 Å². The predicted octanol–water partition coefficient (Wildman–Crippen LogP) is 3.55. The molecule has 0 saturated heterocycles. The summed E-state index contributed by atoms with van der Waals surface area (Å²) in [5, 5.41) is 10.5. The summed E-state index contributed by atoms with van der Waals surface area (Å²) in [4.78, 5) is 24.7. The topological polar surface area (TPSA) is 54.4 Å². The lowest BCUT2D eigenvalue weighted by Crippen LogP contribution is -2.57. The van der Waals surface area contributed by atoms with Crippen LogP contribution in [-0.2, 0) is 9.59 Å². The van der Waals surface area contributed by atoms with Gasteiger partial charge in [0, 0.05) is 23.7 Å². The molecule has 3 nitrogen and oxygen atoms in total. The van der Waals surface area contributed by atoms with Crippen LogP contribution in [0, 0.1) is 40.4 Å². The van der Waals surface area contributed by atoms with Crippen molar-refractivity contribution in [3.05, 3.63) is 11.6 Å². The first kappa shape index (κ1) is 16.5. The zero-order valence-corrected chi connectivity index (χ0v) is 15.2. The van der Waals surface area contributed by atoms with Crippen LogP contribution in [0.1, 0.15) is 59.3 Å². The van der Waals surface area contributed by atoms with Gasteiger partial charge in [0.05, 0.1) is 6.61 Å². The Hall–Kier alpha value is -0.960. The Morgan fingerprint density at radius 2 is 1.92 bits per heavy atom. The molecule has 0 aromatic carbocycles. The van der Waals surface area contributed by atoms with Crippen LogP contribution in [0.2, 0.25) is 0 Å². The fourth-order valence-electron chi connectivity index (χ4n) is 7.26. The Balaban J connectivity index is 1.81. The SMILES string of the molecule is C[C@@H]1CC2=CC(=O)C[C@H](C)[C@]2(CO)[C@H]2CC[C@]3(C)C(=O)CC[C@H]3[C@H]12. The Kier molecular flexibility index (Phi) is 3.62. The van der Waals surface area contributed by atoms with E-state index < -0.39 is 0 Å². The van der Waals surface area contributed by atoms with Gasteiger partial charge in [-0.2, -0.15) is 0 Å². The van der Waals surface area contributed by atoms with Gasteiger partial charge in [-0.1, -0.05) is 26.3 Å². The molecule has 4 aliphatic carbocycles. The van der Waals surface area contributed by atoms with Crippen molar-refractivity contribution >= 4 is 11.6 Å². The van der Waals surface area contributed by atoms with Crippen molar-refractivity contribution in [2.75, 3.05) is 6.61 Å². The lowest BCUT2D eigenvalue weighted by atomic mass is 9.43. The van der Waals surface area contributed by atoms with E-state index in [0.29, 0.717) is 35.9 Å². The summed E-state index contributed by atoms with van der Waals surface area (Å²) in [6.07, 6.45) is 7.07. The number of Topliss-reactive ketones (excluding diaryl/α,β-unsaturated/α-hetero) is 1. The number of carbonyl (C=O) groups excluding carboxylic acids is 2. The van der Waals surface area contributed by atoms with Crippen LogP contribution in [0.3, 0.4) is 0 Å². The van der Waals surface area contributed by atoms with Gasteiger partial charge in [0.1, 0.15) is 5.78 Å². The van der Waals surface area contributed by atoms with Crippen LogP contribution in [0.25, 0.3) is 0 Å². The van der Waals surface area contributed by atoms with Crippen molar-refractivity contribution in [2.45, 2.75) is 59.3 Å². The third-order valence-corrected chi connectivity index (χ3v) is 8.48. The molecule has 0 radical (unpaired) electrons. The third-order valence-electron chi connectivity index (χ3n) is 8.48. The van der Waals surface area contributed by atoms with Crippen molar-refractivity contribution in [1.29, 1.82) is 0 Å². The van der Waals surface area contributed by atoms with E-state index in [0.717, 1.165) is 32.1 Å². The quantitative estimate of drug-likeness (QED) is 0.800. The Morgan fingerprint density at radius 1 is 1.17 bits per heavy atom. The fourth-order valence-corrected chi connectivity index (χ4v) is 7.26. The van der Waals surface area contributed by atoms with Crippen LogP contribution in [0.15, 0.2) is 11.6 Å². The van der Waals surface area contributed by atoms with E-state index in [1.807, 2.05) is 6.08 Å². The van der Waals surface area contributed by atoms with E-state index in [1.165, 1.54) is 5.57 Å². The number of hydrogen-bond donors (Lipinski definition) is 1. The smallest absolute Gasteiger partial charge is 0.155 e. The molecule has 3 saturated carbocycles. The standard InChI is InChI=1S/C21H30O3/c1-12-8-14-10-15(23)9-13(2)21(14,11-22)17-6-7-20(3)16(19(12)17)4-5-18(20)24/h10,12-13,16-17,19,22H,4-9,11H2,1-3H3/t12-,13+,16+,17+,19+,20+,21+/m1/s1. The fraction of sp³-hybridized carbons (Fsp3) is 0.810. The highest BCUT2D eigenvalue weighted by Crippen LogP contribution is 2.66. The van der Waals surface area contributed by atoms with E-state index >= 15 is 0 Å². The second-order valence-electron chi connectivity index (χ2n) is 9.33. The first-order chi connectivity index (χ1) is 11.3. The number of aliphatic hydroxyl groups is 1. The average molecular weight is 330 g/mol. The minimum Gasteiger partial charge on any atom is -0.395 e. The number of aliphatic hydroxyl groups excluding tert-OH is 1. The monoisotopic (exact) mass is 330 g/mol. The van der Waals surface area contributed by atoms with E-state index in [9.17, 15) is 14.7 Å². The maximum absolute atomic E-state index is 12.5. The molecule has 132 valence electrons. The van der Waals surface area contributed by atoms with E-state index in [1.54, 1.807) is 0 Å². The van der Waals surface area contributed by atoms with Gasteiger partial charge in [-0.25, -0.2) is 0 Å². The van der Waals surface area contributed by atoms with Crippen molar-refractivity contribution in [2.24, 2.45) is 40.4 Å². The van der Waals surface area contributed by atoms with Crippen LogP contribution >= 0.6 is 0 Å². The summed E-state index contributed by atoms with van der Waals surface area (Å²) >= 11 is 0. The second kappa shape index (κ2) is 5.27. The summed E-state index contributed by atoms with van der Waals surface area (Å²) in [6.45, 7) is 6.80. The zero-order valence-electron chi connectivity index (χ0n) is 15.2. The average Bonchev–Trinajstić information content (AvgIpc) is 2.82. The highest BCUT2D eigenvalue weighted by Gasteiger charge is 2.63. The molecule has 4 aliphatic rings. The van der Waals surface area contributed by atoms with Crippen molar-refractivity contribution in [3.63, 3.8) is 0 Å². The number of ketones is 2. The molecule has 0 bridgehead atoms. The largest absolute Gasteiger partial charge is 0.395 e. The lowest BCUT2D eigenvalue weighted by Gasteiger charge is -2.61. The maximum Gasteiger partial charge on any atom is 0.155 e. The van der Waals surface area contributed by atoms with Gasteiger partial charge in [0.2, 0.25) is 0 Å². The molecular weight excluding hydrogens is 300 g/mol. The molecule has 0 heterocycles. The predicted molar refractivity (Wildman–Crippen MR) is 92.2 cm³/mol. The summed E-state index contributed by atoms with van der Waals surface area (Å²) in [5.41, 5.74) is 0.842. The summed E-state index contributed by atoms with van der Waals surface area (Å²) in [7, 11) is 0. The molecule has 7 atom stereocenters. The van der Waals surface area contributed by atoms with E-state index in [2.05, 4.69) is 20.8 Å². The molecule has 3 fully saturated rings. The van der Waals surface area contributed by atoms with Crippen molar-refractivity contribution < 1.29 is 14.7 Å². The number of hydrogen-bond acceptors (Lipinski definition) is 3. The van der Waals surface area contributed by atoms with Gasteiger partial charge in [0.15, 0.2) is 5.78 Å². The van der Waals surface area contributed by atoms with Crippen molar-refractivity contribution in [1.82, 2.24) is 0 Å². The van der Waals surface area contributed by atoms with Crippen LogP contribution in [0.5, 0.6) is 0 Å². The third kappa shape index (κ3) is 1.88. The van der Waals surface area contributed by atoms with Gasteiger partial charge in [-0.05, 0) is 61.3 Å². The molecule has 4 rings (SSSR count). The van der Waals surface area contributed by atoms with E-state index in [4.69, 9.17) is 0 Å². The molecule has 0 aromatic heterocycles. The first-order valence-electron chi connectivity index (χ1n) is 9.72. The number of rotatable bonds is 1. The second-order valence-corrected chi connectivity index (χ2v) is 9.33. The first-order valence-corrected chi connectivity index (χ1v) is 9.72. The van der Waals surface area contributed by atoms with Gasteiger partial charge < -0.3 is 5.11 Å². The number of carbonyl (C=O) groups is 2. The molecule has 24 heavy (non-hydrogen) atoms. The Bertz CT molecular complexity index is 621. The highest BCUT2D eigenvalue weighted by molar-refractivity contribution is 5.92. The zero-order chi connectivity index (χ0) is 17.3. The van der Waals surface area contributed by atoms with Gasteiger partial charge in [0.25, 0.3) is 0 Å². The van der Waals surface area contributed by atoms with Gasteiger partial charge >= 0.3 is 0 Å². The Labute approximate surface area is 144 Å². The van der Waals surface area contributed by atoms with Crippen LogP contribution in [-0.4, -0.2) is 23.3 Å². The Morgan fingerprint density at radius 3 is 2.62 bits per heavy atom. The van der Waals surface area contributed by atoms with Gasteiger partial charge in [-0.3, -0.25) is 9.59 Å². The molecule has 0 amide bonds. The van der Waals surface area contributed by atoms with E-state index in [-0.39, 0.29) is 29.1 Å². The molecule has 0 unspecified atom stereocenters. The molecule has 0 spiro atoms. The normalized spacial score (nSPS) is 50.8. The molecule has 3 heteroatoms. The van der Waals surface area contributed by atoms with Gasteiger partial charge in [-0.15, -0.1) is 0 Å². The molecule has 0 aliphatic heterocycles.